The van der Waals surface area contributed by atoms with Crippen LogP contribution in [0.25, 0.3) is 17.2 Å². The summed E-state index contributed by atoms with van der Waals surface area (Å²) in [5, 5.41) is 22.1. The summed E-state index contributed by atoms with van der Waals surface area (Å²) in [6.07, 6.45) is 2.57. The van der Waals surface area contributed by atoms with Gasteiger partial charge in [0.15, 0.2) is 0 Å². The molecular formula is C30H33O4-. The van der Waals surface area contributed by atoms with E-state index in [0.717, 1.165) is 28.3 Å². The molecule has 0 aliphatic rings. The number of rotatable bonds is 6. The van der Waals surface area contributed by atoms with E-state index in [1.807, 2.05) is 36.4 Å². The first-order chi connectivity index (χ1) is 15.9. The minimum Gasteiger partial charge on any atom is -0.872 e. The van der Waals surface area contributed by atoms with Gasteiger partial charge in [-0.3, -0.25) is 0 Å². The first kappa shape index (κ1) is 25.1. The van der Waals surface area contributed by atoms with Crippen LogP contribution in [0.4, 0.5) is 0 Å². The van der Waals surface area contributed by atoms with Crippen molar-refractivity contribution in [3.63, 3.8) is 0 Å². The highest BCUT2D eigenvalue weighted by Gasteiger charge is 2.27. The minimum absolute atomic E-state index is 0.136. The summed E-state index contributed by atoms with van der Waals surface area (Å²) in [6, 6.07) is 19.0. The summed E-state index contributed by atoms with van der Waals surface area (Å²) in [5.74, 6) is -0.492. The lowest BCUT2D eigenvalue weighted by atomic mass is 9.78. The highest BCUT2D eigenvalue weighted by atomic mass is 16.5. The minimum atomic E-state index is -1.04. The molecule has 0 spiro atoms. The monoisotopic (exact) mass is 457 g/mol. The molecule has 3 rings (SSSR count). The van der Waals surface area contributed by atoms with Gasteiger partial charge in [-0.05, 0) is 51.3 Å². The van der Waals surface area contributed by atoms with Gasteiger partial charge in [-0.15, -0.1) is 5.75 Å². The van der Waals surface area contributed by atoms with Crippen LogP contribution >= 0.6 is 0 Å². The highest BCUT2D eigenvalue weighted by molar-refractivity contribution is 5.86. The summed E-state index contributed by atoms with van der Waals surface area (Å²) >= 11 is 0. The van der Waals surface area contributed by atoms with Crippen LogP contribution in [0.1, 0.15) is 63.8 Å². The normalized spacial score (nSPS) is 12.2. The number of benzene rings is 3. The van der Waals surface area contributed by atoms with Crippen LogP contribution in [0.15, 0.2) is 66.7 Å². The number of ether oxygens (including phenoxy) is 1. The Morgan fingerprint density at radius 3 is 2.18 bits per heavy atom. The fourth-order valence-electron chi connectivity index (χ4n) is 3.73. The van der Waals surface area contributed by atoms with Crippen molar-refractivity contribution in [2.24, 2.45) is 0 Å². The second kappa shape index (κ2) is 9.76. The first-order valence-electron chi connectivity index (χ1n) is 11.4. The molecule has 3 aromatic rings. The molecule has 0 saturated carbocycles. The van der Waals surface area contributed by atoms with Crippen LogP contribution in [0.5, 0.6) is 11.5 Å². The summed E-state index contributed by atoms with van der Waals surface area (Å²) in [4.78, 5) is 11.0. The van der Waals surface area contributed by atoms with Crippen LogP contribution in [0.3, 0.4) is 0 Å². The zero-order chi connectivity index (χ0) is 25.1. The molecule has 0 fully saturated rings. The lowest BCUT2D eigenvalue weighted by Crippen LogP contribution is -2.18. The van der Waals surface area contributed by atoms with E-state index >= 15 is 0 Å². The molecule has 4 heteroatoms. The zero-order valence-electron chi connectivity index (χ0n) is 20.8. The SMILES string of the molecule is CC(C)(C)c1cc(-c2cc(/C=C/C(=O)O)ccc2[O-])c(OCc2ccccc2)c(C(C)(C)C)c1. The van der Waals surface area contributed by atoms with Crippen molar-refractivity contribution < 1.29 is 19.7 Å². The Kier molecular flexibility index (Phi) is 7.21. The van der Waals surface area contributed by atoms with Crippen molar-refractivity contribution >= 4 is 12.0 Å². The Labute approximate surface area is 202 Å². The van der Waals surface area contributed by atoms with Gasteiger partial charge in [0.05, 0.1) is 0 Å². The van der Waals surface area contributed by atoms with Gasteiger partial charge >= 0.3 is 5.97 Å². The van der Waals surface area contributed by atoms with E-state index in [0.29, 0.717) is 23.5 Å². The van der Waals surface area contributed by atoms with Crippen LogP contribution in [0.2, 0.25) is 0 Å². The second-order valence-electron chi connectivity index (χ2n) is 10.6. The Hall–Kier alpha value is -3.53. The predicted octanol–water partition coefficient (Wildman–Crippen LogP) is 6.70. The van der Waals surface area contributed by atoms with Gasteiger partial charge in [-0.1, -0.05) is 90.1 Å². The Morgan fingerprint density at radius 1 is 0.912 bits per heavy atom. The molecular weight excluding hydrogens is 424 g/mol. The fraction of sp³-hybridized carbons (Fsp3) is 0.300. The van der Waals surface area contributed by atoms with E-state index in [1.54, 1.807) is 12.1 Å². The smallest absolute Gasteiger partial charge is 0.328 e. The maximum atomic E-state index is 13.1. The number of carboxylic acids is 1. The zero-order valence-corrected chi connectivity index (χ0v) is 20.8. The van der Waals surface area contributed by atoms with Gasteiger partial charge < -0.3 is 14.9 Å². The number of carboxylic acid groups (broad SMARTS) is 1. The molecule has 0 aromatic heterocycles. The van der Waals surface area contributed by atoms with Gasteiger partial charge in [-0.25, -0.2) is 4.79 Å². The highest BCUT2D eigenvalue weighted by Crippen LogP contribution is 2.45. The lowest BCUT2D eigenvalue weighted by molar-refractivity contribution is -0.267. The molecule has 0 heterocycles. The molecule has 0 bridgehead atoms. The maximum Gasteiger partial charge on any atom is 0.328 e. The van der Waals surface area contributed by atoms with E-state index in [2.05, 4.69) is 47.6 Å². The van der Waals surface area contributed by atoms with Crippen molar-refractivity contribution in [1.29, 1.82) is 0 Å². The Bertz CT molecular complexity index is 1190. The van der Waals surface area contributed by atoms with Gasteiger partial charge in [0.25, 0.3) is 0 Å². The van der Waals surface area contributed by atoms with Gasteiger partial charge in [0, 0.05) is 17.2 Å². The lowest BCUT2D eigenvalue weighted by Gasteiger charge is -2.30. The van der Waals surface area contributed by atoms with Crippen molar-refractivity contribution in [1.82, 2.24) is 0 Å². The number of hydrogen-bond acceptors (Lipinski definition) is 3. The van der Waals surface area contributed by atoms with E-state index in [9.17, 15) is 9.90 Å². The molecule has 0 unspecified atom stereocenters. The van der Waals surface area contributed by atoms with Crippen LogP contribution in [-0.2, 0) is 22.2 Å². The molecule has 0 atom stereocenters. The summed E-state index contributed by atoms with van der Waals surface area (Å²) in [7, 11) is 0. The molecule has 0 aliphatic carbocycles. The quantitative estimate of drug-likeness (QED) is 0.418. The summed E-state index contributed by atoms with van der Waals surface area (Å²) < 4.78 is 6.44. The number of carbonyl (C=O) groups is 1. The summed E-state index contributed by atoms with van der Waals surface area (Å²) in [6.45, 7) is 13.2. The molecule has 34 heavy (non-hydrogen) atoms. The third-order valence-corrected chi connectivity index (χ3v) is 5.70. The predicted molar refractivity (Wildman–Crippen MR) is 136 cm³/mol. The largest absolute Gasteiger partial charge is 0.872 e. The summed E-state index contributed by atoms with van der Waals surface area (Å²) in [5.41, 5.74) is 4.65. The van der Waals surface area contributed by atoms with Crippen LogP contribution in [-0.4, -0.2) is 11.1 Å². The van der Waals surface area contributed by atoms with E-state index in [4.69, 9.17) is 9.84 Å². The maximum absolute atomic E-state index is 13.1. The van der Waals surface area contributed by atoms with Crippen LogP contribution < -0.4 is 9.84 Å². The van der Waals surface area contributed by atoms with E-state index < -0.39 is 5.97 Å². The van der Waals surface area contributed by atoms with Crippen molar-refractivity contribution in [3.05, 3.63) is 89.0 Å². The molecule has 3 aromatic carbocycles. The van der Waals surface area contributed by atoms with Gasteiger partial charge in [0.2, 0.25) is 0 Å². The molecule has 0 aliphatic heterocycles. The Morgan fingerprint density at radius 2 is 1.59 bits per heavy atom. The van der Waals surface area contributed by atoms with E-state index in [1.165, 1.54) is 12.1 Å². The number of hydrogen-bond donors (Lipinski definition) is 1. The third-order valence-electron chi connectivity index (χ3n) is 5.70. The van der Waals surface area contributed by atoms with Crippen molar-refractivity contribution in [2.45, 2.75) is 59.0 Å². The average Bonchev–Trinajstić information content (AvgIpc) is 2.76. The Balaban J connectivity index is 2.27. The molecule has 0 saturated heterocycles. The van der Waals surface area contributed by atoms with Crippen LogP contribution in [0, 0.1) is 0 Å². The third kappa shape index (κ3) is 6.07. The molecule has 178 valence electrons. The molecule has 1 N–H and O–H groups in total. The first-order valence-corrected chi connectivity index (χ1v) is 11.4. The topological polar surface area (TPSA) is 69.6 Å². The van der Waals surface area contributed by atoms with Gasteiger partial charge in [0.1, 0.15) is 12.4 Å². The van der Waals surface area contributed by atoms with Crippen molar-refractivity contribution in [2.75, 3.05) is 0 Å². The number of aliphatic carboxylic acids is 1. The van der Waals surface area contributed by atoms with Crippen molar-refractivity contribution in [3.8, 4) is 22.6 Å². The van der Waals surface area contributed by atoms with Gasteiger partial charge in [-0.2, -0.15) is 0 Å². The van der Waals surface area contributed by atoms with E-state index in [-0.39, 0.29) is 16.6 Å². The average molecular weight is 458 g/mol. The molecule has 0 radical (unpaired) electrons. The second-order valence-corrected chi connectivity index (χ2v) is 10.6. The molecule has 0 amide bonds. The molecule has 4 nitrogen and oxygen atoms in total. The standard InChI is InChI=1S/C30H34O4/c1-29(2,3)22-17-24(23-16-20(12-14-26(23)31)13-15-27(32)33)28(25(18-22)30(4,5)6)34-19-21-10-8-7-9-11-21/h7-18,31H,19H2,1-6H3,(H,32,33)/p-1/b15-13+. The fourth-order valence-corrected chi connectivity index (χ4v) is 3.73.